The molecule has 1 unspecified atom stereocenters. The van der Waals surface area contributed by atoms with Crippen LogP contribution in [0.2, 0.25) is 0 Å². The van der Waals surface area contributed by atoms with Crippen molar-refractivity contribution in [1.29, 1.82) is 0 Å². The molecule has 0 bridgehead atoms. The number of carbonyl (C=O) groups excluding carboxylic acids is 1. The van der Waals surface area contributed by atoms with Gasteiger partial charge in [-0.2, -0.15) is 4.31 Å². The van der Waals surface area contributed by atoms with E-state index in [0.717, 1.165) is 31.2 Å². The number of ether oxygens (including phenoxy) is 1. The molecule has 0 spiro atoms. The van der Waals surface area contributed by atoms with E-state index in [1.807, 2.05) is 0 Å². The fourth-order valence-electron chi connectivity index (χ4n) is 3.73. The number of aryl methyl sites for hydroxylation is 1. The third kappa shape index (κ3) is 6.71. The molecule has 7 heteroatoms. The normalized spacial score (nSPS) is 16.0. The minimum absolute atomic E-state index is 0.00481. The summed E-state index contributed by atoms with van der Waals surface area (Å²) in [6.45, 7) is 6.18. The van der Waals surface area contributed by atoms with Gasteiger partial charge in [-0.05, 0) is 55.4 Å². The number of carbonyl (C=O) groups is 1. The summed E-state index contributed by atoms with van der Waals surface area (Å²) in [5, 5.41) is 3.03. The van der Waals surface area contributed by atoms with Crippen LogP contribution < -0.4 is 10.1 Å². The molecule has 1 aromatic rings. The van der Waals surface area contributed by atoms with Crippen molar-refractivity contribution in [3.05, 3.63) is 23.8 Å². The molecular formula is C22H36N2O4S. The molecule has 1 fully saturated rings. The highest BCUT2D eigenvalue weighted by atomic mass is 32.2. The highest BCUT2D eigenvalue weighted by Gasteiger charge is 2.27. The highest BCUT2D eigenvalue weighted by molar-refractivity contribution is 7.89. The van der Waals surface area contributed by atoms with Crippen molar-refractivity contribution in [2.75, 3.05) is 26.7 Å². The number of nitrogens with zero attached hydrogens (tertiary/aromatic N) is 1. The van der Waals surface area contributed by atoms with Gasteiger partial charge in [0.25, 0.3) is 0 Å². The first kappa shape index (κ1) is 23.7. The Kier molecular flexibility index (Phi) is 9.43. The Morgan fingerprint density at radius 1 is 1.24 bits per heavy atom. The van der Waals surface area contributed by atoms with Crippen molar-refractivity contribution >= 4 is 15.9 Å². The zero-order valence-electron chi connectivity index (χ0n) is 18.1. The molecule has 1 amide bonds. The van der Waals surface area contributed by atoms with E-state index in [4.69, 9.17) is 4.74 Å². The Morgan fingerprint density at radius 3 is 2.59 bits per heavy atom. The lowest BCUT2D eigenvalue weighted by atomic mass is 9.99. The molecule has 1 aliphatic heterocycles. The molecule has 29 heavy (non-hydrogen) atoms. The third-order valence-corrected chi connectivity index (χ3v) is 7.60. The van der Waals surface area contributed by atoms with Crippen LogP contribution in [0.1, 0.15) is 64.4 Å². The molecule has 1 aliphatic rings. The van der Waals surface area contributed by atoms with Gasteiger partial charge in [-0.25, -0.2) is 8.42 Å². The van der Waals surface area contributed by atoms with Gasteiger partial charge in [-0.15, -0.1) is 0 Å². The molecule has 0 aromatic heterocycles. The molecule has 0 saturated carbocycles. The summed E-state index contributed by atoms with van der Waals surface area (Å²) in [5.74, 6) is 1.13. The van der Waals surface area contributed by atoms with Crippen molar-refractivity contribution in [2.45, 2.75) is 70.1 Å². The molecule has 164 valence electrons. The number of hydrogen-bond acceptors (Lipinski definition) is 4. The van der Waals surface area contributed by atoms with E-state index < -0.39 is 10.0 Å². The van der Waals surface area contributed by atoms with Gasteiger partial charge in [0, 0.05) is 26.1 Å². The van der Waals surface area contributed by atoms with E-state index in [1.165, 1.54) is 17.1 Å². The van der Waals surface area contributed by atoms with Gasteiger partial charge < -0.3 is 10.1 Å². The molecule has 1 aromatic carbocycles. The summed E-state index contributed by atoms with van der Waals surface area (Å²) in [6, 6.07) is 4.94. The van der Waals surface area contributed by atoms with Gasteiger partial charge in [-0.1, -0.05) is 33.1 Å². The minimum atomic E-state index is -3.48. The molecule has 2 rings (SSSR count). The standard InChI is InChI=1S/C22H36N2O4S/c1-4-6-9-18(5-2)17-23-22(25)13-10-19-16-20(11-12-21(19)28-3)29(26,27)24-14-7-8-15-24/h11-12,16,18H,4-10,13-15,17H2,1-3H3,(H,23,25). The largest absolute Gasteiger partial charge is 0.496 e. The molecule has 1 N–H and O–H groups in total. The first-order valence-corrected chi connectivity index (χ1v) is 12.3. The Hall–Kier alpha value is -1.60. The maximum Gasteiger partial charge on any atom is 0.243 e. The second kappa shape index (κ2) is 11.6. The van der Waals surface area contributed by atoms with Crippen LogP contribution in [0, 0.1) is 5.92 Å². The number of hydrogen-bond donors (Lipinski definition) is 1. The van der Waals surface area contributed by atoms with E-state index in [1.54, 1.807) is 25.3 Å². The molecule has 1 atom stereocenters. The van der Waals surface area contributed by atoms with Crippen molar-refractivity contribution < 1.29 is 17.9 Å². The fraction of sp³-hybridized carbons (Fsp3) is 0.682. The van der Waals surface area contributed by atoms with Gasteiger partial charge in [0.2, 0.25) is 15.9 Å². The zero-order valence-corrected chi connectivity index (χ0v) is 18.9. The minimum Gasteiger partial charge on any atom is -0.496 e. The second-order valence-electron chi connectivity index (χ2n) is 7.81. The third-order valence-electron chi connectivity index (χ3n) is 5.71. The first-order valence-electron chi connectivity index (χ1n) is 10.9. The van der Waals surface area contributed by atoms with Gasteiger partial charge in [0.15, 0.2) is 0 Å². The summed E-state index contributed by atoms with van der Waals surface area (Å²) in [5.41, 5.74) is 0.751. The van der Waals surface area contributed by atoms with Crippen molar-refractivity contribution in [3.63, 3.8) is 0 Å². The number of nitrogens with one attached hydrogen (secondary N) is 1. The van der Waals surface area contributed by atoms with Gasteiger partial charge >= 0.3 is 0 Å². The number of benzene rings is 1. The van der Waals surface area contributed by atoms with E-state index in [-0.39, 0.29) is 10.8 Å². The van der Waals surface area contributed by atoms with Gasteiger partial charge in [0.1, 0.15) is 5.75 Å². The lowest BCUT2D eigenvalue weighted by Crippen LogP contribution is -2.29. The van der Waals surface area contributed by atoms with Gasteiger partial charge in [-0.3, -0.25) is 4.79 Å². The molecule has 0 aliphatic carbocycles. The van der Waals surface area contributed by atoms with Crippen LogP contribution in [0.5, 0.6) is 5.75 Å². The van der Waals surface area contributed by atoms with E-state index in [0.29, 0.717) is 44.1 Å². The quantitative estimate of drug-likeness (QED) is 0.554. The Balaban J connectivity index is 1.99. The van der Waals surface area contributed by atoms with Crippen LogP contribution in [0.4, 0.5) is 0 Å². The lowest BCUT2D eigenvalue weighted by molar-refractivity contribution is -0.121. The second-order valence-corrected chi connectivity index (χ2v) is 9.74. The maximum atomic E-state index is 12.8. The van der Waals surface area contributed by atoms with E-state index in [9.17, 15) is 13.2 Å². The first-order chi connectivity index (χ1) is 13.9. The van der Waals surface area contributed by atoms with Crippen LogP contribution in [-0.4, -0.2) is 45.4 Å². The summed E-state index contributed by atoms with van der Waals surface area (Å²) in [4.78, 5) is 12.6. The fourth-order valence-corrected chi connectivity index (χ4v) is 5.29. The van der Waals surface area contributed by atoms with Crippen LogP contribution in [0.25, 0.3) is 0 Å². The predicted molar refractivity (Wildman–Crippen MR) is 116 cm³/mol. The molecular weight excluding hydrogens is 388 g/mol. The van der Waals surface area contributed by atoms with Crippen LogP contribution in [0.15, 0.2) is 23.1 Å². The van der Waals surface area contributed by atoms with Crippen LogP contribution in [-0.2, 0) is 21.2 Å². The van der Waals surface area contributed by atoms with Crippen LogP contribution in [0.3, 0.4) is 0 Å². The maximum absolute atomic E-state index is 12.8. The summed E-state index contributed by atoms with van der Waals surface area (Å²) in [6.07, 6.45) is 7.11. The molecule has 0 radical (unpaired) electrons. The Bertz CT molecular complexity index is 758. The number of methoxy groups -OCH3 is 1. The number of sulfonamides is 1. The highest BCUT2D eigenvalue weighted by Crippen LogP contribution is 2.27. The summed E-state index contributed by atoms with van der Waals surface area (Å²) in [7, 11) is -1.92. The average Bonchev–Trinajstić information content (AvgIpc) is 3.28. The van der Waals surface area contributed by atoms with E-state index in [2.05, 4.69) is 19.2 Å². The molecule has 1 heterocycles. The van der Waals surface area contributed by atoms with Crippen molar-refractivity contribution in [2.24, 2.45) is 5.92 Å². The lowest BCUT2D eigenvalue weighted by Gasteiger charge is -2.17. The van der Waals surface area contributed by atoms with E-state index >= 15 is 0 Å². The van der Waals surface area contributed by atoms with Crippen molar-refractivity contribution in [3.8, 4) is 5.75 Å². The van der Waals surface area contributed by atoms with Crippen molar-refractivity contribution in [1.82, 2.24) is 9.62 Å². The summed E-state index contributed by atoms with van der Waals surface area (Å²) >= 11 is 0. The topological polar surface area (TPSA) is 75.7 Å². The Labute approximate surface area is 176 Å². The van der Waals surface area contributed by atoms with Crippen LogP contribution >= 0.6 is 0 Å². The number of amides is 1. The zero-order chi connectivity index (χ0) is 21.3. The molecule has 6 nitrogen and oxygen atoms in total. The smallest absolute Gasteiger partial charge is 0.243 e. The molecule has 1 saturated heterocycles. The Morgan fingerprint density at radius 2 is 1.97 bits per heavy atom. The average molecular weight is 425 g/mol. The SMILES string of the molecule is CCCCC(CC)CNC(=O)CCc1cc(S(=O)(=O)N2CCCC2)ccc1OC. The predicted octanol–water partition coefficient (Wildman–Crippen LogP) is 3.74. The number of rotatable bonds is 12. The summed E-state index contributed by atoms with van der Waals surface area (Å²) < 4.78 is 32.6. The number of unbranched alkanes of at least 4 members (excludes halogenated alkanes) is 1. The van der Waals surface area contributed by atoms with Gasteiger partial charge in [0.05, 0.1) is 12.0 Å². The monoisotopic (exact) mass is 424 g/mol.